The summed E-state index contributed by atoms with van der Waals surface area (Å²) < 4.78 is 13.3. The number of halogens is 1. The van der Waals surface area contributed by atoms with E-state index < -0.39 is 0 Å². The largest absolute Gasteiger partial charge is 0.314 e. The minimum atomic E-state index is -0.103. The van der Waals surface area contributed by atoms with Crippen molar-refractivity contribution in [2.75, 3.05) is 6.54 Å². The van der Waals surface area contributed by atoms with Gasteiger partial charge in [-0.25, -0.2) is 4.39 Å². The molecule has 1 aromatic carbocycles. The molecule has 2 heteroatoms. The van der Waals surface area contributed by atoms with Gasteiger partial charge in [-0.3, -0.25) is 0 Å². The van der Waals surface area contributed by atoms with Crippen LogP contribution in [0.15, 0.2) is 18.2 Å². The molecule has 0 radical (unpaired) electrons. The number of rotatable bonds is 4. The van der Waals surface area contributed by atoms with E-state index in [0.29, 0.717) is 23.3 Å². The van der Waals surface area contributed by atoms with Crippen molar-refractivity contribution in [3.63, 3.8) is 0 Å². The quantitative estimate of drug-likeness (QED) is 0.854. The molecule has 2 rings (SSSR count). The van der Waals surface area contributed by atoms with E-state index in [4.69, 9.17) is 0 Å². The Kier molecular flexibility index (Phi) is 3.50. The number of hydrogen-bond acceptors (Lipinski definition) is 1. The molecule has 1 aromatic rings. The van der Waals surface area contributed by atoms with Crippen molar-refractivity contribution < 1.29 is 4.39 Å². The highest BCUT2D eigenvalue weighted by molar-refractivity contribution is 5.35. The molecule has 0 aliphatic heterocycles. The van der Waals surface area contributed by atoms with Gasteiger partial charge in [-0.05, 0) is 47.9 Å². The molecule has 1 N–H and O–H groups in total. The summed E-state index contributed by atoms with van der Waals surface area (Å²) in [7, 11) is 0. The first-order valence-electron chi connectivity index (χ1n) is 6.83. The second-order valence-electron chi connectivity index (χ2n) is 6.48. The first-order valence-corrected chi connectivity index (χ1v) is 6.83. The number of aryl methyl sites for hydroxylation is 1. The Bertz CT molecular complexity index is 437. The standard InChI is InChI=1S/C16H24FN/c1-10(2)18-9-13-15(16(13,4)5)12-6-7-14(17)11(3)8-12/h6-8,10,13,15,18H,9H2,1-5H3. The van der Waals surface area contributed by atoms with E-state index >= 15 is 0 Å². The fourth-order valence-corrected chi connectivity index (χ4v) is 3.01. The smallest absolute Gasteiger partial charge is 0.126 e. The topological polar surface area (TPSA) is 12.0 Å². The molecule has 18 heavy (non-hydrogen) atoms. The van der Waals surface area contributed by atoms with Crippen LogP contribution in [-0.4, -0.2) is 12.6 Å². The molecule has 0 aromatic heterocycles. The normalized spacial score (nSPS) is 25.5. The summed E-state index contributed by atoms with van der Waals surface area (Å²) in [5.41, 5.74) is 2.37. The molecule has 1 fully saturated rings. The molecule has 0 amide bonds. The van der Waals surface area contributed by atoms with E-state index in [1.165, 1.54) is 5.56 Å². The molecule has 2 atom stereocenters. The Morgan fingerprint density at radius 1 is 1.33 bits per heavy atom. The van der Waals surface area contributed by atoms with Crippen LogP contribution in [0.4, 0.5) is 4.39 Å². The molecule has 2 unspecified atom stereocenters. The van der Waals surface area contributed by atoms with Gasteiger partial charge in [0, 0.05) is 6.04 Å². The summed E-state index contributed by atoms with van der Waals surface area (Å²) in [6.07, 6.45) is 0. The molecule has 100 valence electrons. The minimum Gasteiger partial charge on any atom is -0.314 e. The van der Waals surface area contributed by atoms with E-state index in [1.54, 1.807) is 6.07 Å². The fraction of sp³-hybridized carbons (Fsp3) is 0.625. The third-order valence-corrected chi connectivity index (χ3v) is 4.34. The lowest BCUT2D eigenvalue weighted by atomic mass is 10.0. The highest BCUT2D eigenvalue weighted by Crippen LogP contribution is 2.64. The van der Waals surface area contributed by atoms with Crippen molar-refractivity contribution in [2.24, 2.45) is 11.3 Å². The maximum atomic E-state index is 13.3. The molecular formula is C16H24FN. The van der Waals surface area contributed by atoms with E-state index in [9.17, 15) is 4.39 Å². The van der Waals surface area contributed by atoms with Gasteiger partial charge < -0.3 is 5.32 Å². The molecule has 0 saturated heterocycles. The Hall–Kier alpha value is -0.890. The lowest BCUT2D eigenvalue weighted by molar-refractivity contribution is 0.491. The van der Waals surface area contributed by atoms with E-state index in [-0.39, 0.29) is 5.82 Å². The minimum absolute atomic E-state index is 0.103. The average Bonchev–Trinajstić information content (AvgIpc) is 2.82. The van der Waals surface area contributed by atoms with Crippen molar-refractivity contribution >= 4 is 0 Å². The number of benzene rings is 1. The molecule has 1 nitrogen and oxygen atoms in total. The van der Waals surface area contributed by atoms with Crippen LogP contribution in [0.3, 0.4) is 0 Å². The van der Waals surface area contributed by atoms with Gasteiger partial charge >= 0.3 is 0 Å². The van der Waals surface area contributed by atoms with Gasteiger partial charge in [-0.15, -0.1) is 0 Å². The molecule has 0 spiro atoms. The van der Waals surface area contributed by atoms with Gasteiger partial charge in [0.2, 0.25) is 0 Å². The van der Waals surface area contributed by atoms with Gasteiger partial charge in [-0.2, -0.15) is 0 Å². The summed E-state index contributed by atoms with van der Waals surface area (Å²) >= 11 is 0. The van der Waals surface area contributed by atoms with Crippen LogP contribution < -0.4 is 5.32 Å². The third kappa shape index (κ3) is 2.44. The molecular weight excluding hydrogens is 225 g/mol. The van der Waals surface area contributed by atoms with Crippen LogP contribution in [0.2, 0.25) is 0 Å². The highest BCUT2D eigenvalue weighted by atomic mass is 19.1. The molecule has 0 heterocycles. The fourth-order valence-electron chi connectivity index (χ4n) is 3.01. The zero-order valence-corrected chi connectivity index (χ0v) is 12.0. The Morgan fingerprint density at radius 2 is 2.00 bits per heavy atom. The van der Waals surface area contributed by atoms with Crippen molar-refractivity contribution in [1.29, 1.82) is 0 Å². The summed E-state index contributed by atoms with van der Waals surface area (Å²) in [6, 6.07) is 6.09. The zero-order valence-electron chi connectivity index (χ0n) is 12.0. The first-order chi connectivity index (χ1) is 8.34. The first kappa shape index (κ1) is 13.5. The van der Waals surface area contributed by atoms with Crippen LogP contribution in [0, 0.1) is 24.1 Å². The molecule has 1 saturated carbocycles. The van der Waals surface area contributed by atoms with Gasteiger partial charge in [0.05, 0.1) is 0 Å². The second kappa shape index (κ2) is 4.65. The number of hydrogen-bond donors (Lipinski definition) is 1. The van der Waals surface area contributed by atoms with E-state index in [1.807, 2.05) is 19.1 Å². The summed E-state index contributed by atoms with van der Waals surface area (Å²) in [6.45, 7) is 11.9. The predicted molar refractivity (Wildman–Crippen MR) is 74.3 cm³/mol. The lowest BCUT2D eigenvalue weighted by Gasteiger charge is -2.08. The van der Waals surface area contributed by atoms with Gasteiger partial charge in [0.1, 0.15) is 5.82 Å². The van der Waals surface area contributed by atoms with Crippen LogP contribution >= 0.6 is 0 Å². The van der Waals surface area contributed by atoms with Crippen LogP contribution in [0.1, 0.15) is 44.7 Å². The van der Waals surface area contributed by atoms with Crippen LogP contribution in [0.25, 0.3) is 0 Å². The van der Waals surface area contributed by atoms with Crippen molar-refractivity contribution in [3.05, 3.63) is 35.1 Å². The maximum absolute atomic E-state index is 13.3. The molecule has 1 aliphatic carbocycles. The zero-order chi connectivity index (χ0) is 13.5. The SMILES string of the molecule is Cc1cc(C2C(CNC(C)C)C2(C)C)ccc1F. The van der Waals surface area contributed by atoms with E-state index in [2.05, 4.69) is 33.0 Å². The van der Waals surface area contributed by atoms with Gasteiger partial charge in [0.15, 0.2) is 0 Å². The lowest BCUT2D eigenvalue weighted by Crippen LogP contribution is -2.26. The number of nitrogens with one attached hydrogen (secondary N) is 1. The maximum Gasteiger partial charge on any atom is 0.126 e. The Balaban J connectivity index is 2.11. The average molecular weight is 249 g/mol. The Morgan fingerprint density at radius 3 is 2.56 bits per heavy atom. The van der Waals surface area contributed by atoms with Gasteiger partial charge in [0.25, 0.3) is 0 Å². The van der Waals surface area contributed by atoms with Gasteiger partial charge in [-0.1, -0.05) is 39.8 Å². The van der Waals surface area contributed by atoms with Crippen LogP contribution in [-0.2, 0) is 0 Å². The van der Waals surface area contributed by atoms with Crippen LogP contribution in [0.5, 0.6) is 0 Å². The second-order valence-corrected chi connectivity index (χ2v) is 6.48. The summed E-state index contributed by atoms with van der Waals surface area (Å²) in [4.78, 5) is 0. The molecule has 1 aliphatic rings. The molecule has 0 bridgehead atoms. The summed E-state index contributed by atoms with van der Waals surface area (Å²) in [5.74, 6) is 1.11. The Labute approximate surface area is 110 Å². The summed E-state index contributed by atoms with van der Waals surface area (Å²) in [5, 5.41) is 3.51. The predicted octanol–water partition coefficient (Wildman–Crippen LogP) is 3.87. The van der Waals surface area contributed by atoms with E-state index in [0.717, 1.165) is 12.1 Å². The van der Waals surface area contributed by atoms with Crippen molar-refractivity contribution in [3.8, 4) is 0 Å². The third-order valence-electron chi connectivity index (χ3n) is 4.34. The van der Waals surface area contributed by atoms with Crippen molar-refractivity contribution in [2.45, 2.75) is 46.6 Å². The monoisotopic (exact) mass is 249 g/mol. The van der Waals surface area contributed by atoms with Crippen molar-refractivity contribution in [1.82, 2.24) is 5.32 Å². The highest BCUT2D eigenvalue weighted by Gasteiger charge is 2.57.